The molecule has 0 spiro atoms. The highest BCUT2D eigenvalue weighted by atomic mass is 16.4. The maximum absolute atomic E-state index is 11.6. The Hall–Kier alpha value is -1.32. The fraction of sp³-hybridized carbons (Fsp3) is 0.636. The zero-order valence-electron chi connectivity index (χ0n) is 8.98. The molecule has 1 rings (SSSR count). The van der Waals surface area contributed by atoms with Crippen LogP contribution in [0.15, 0.2) is 12.7 Å². The fourth-order valence-corrected chi connectivity index (χ4v) is 2.09. The Kier molecular flexibility index (Phi) is 3.88. The second-order valence-corrected chi connectivity index (χ2v) is 3.98. The van der Waals surface area contributed by atoms with Gasteiger partial charge in [-0.3, -0.25) is 4.79 Å². The van der Waals surface area contributed by atoms with Crippen LogP contribution in [0.2, 0.25) is 0 Å². The Balaban J connectivity index is 2.78. The Morgan fingerprint density at radius 2 is 2.27 bits per heavy atom. The van der Waals surface area contributed by atoms with Crippen LogP contribution >= 0.6 is 0 Å². The van der Waals surface area contributed by atoms with E-state index in [1.165, 1.54) is 11.0 Å². The summed E-state index contributed by atoms with van der Waals surface area (Å²) in [5, 5.41) is 9.08. The van der Waals surface area contributed by atoms with Gasteiger partial charge in [-0.25, -0.2) is 4.79 Å². The van der Waals surface area contributed by atoms with Crippen molar-refractivity contribution >= 4 is 11.9 Å². The van der Waals surface area contributed by atoms with Crippen molar-refractivity contribution in [3.63, 3.8) is 0 Å². The zero-order chi connectivity index (χ0) is 11.4. The monoisotopic (exact) mass is 211 g/mol. The smallest absolute Gasteiger partial charge is 0.326 e. The number of piperidine rings is 1. The van der Waals surface area contributed by atoms with Gasteiger partial charge in [0.25, 0.3) is 0 Å². The Bertz CT molecular complexity index is 275. The minimum Gasteiger partial charge on any atom is -0.480 e. The van der Waals surface area contributed by atoms with E-state index in [1.54, 1.807) is 0 Å². The quantitative estimate of drug-likeness (QED) is 0.715. The lowest BCUT2D eigenvalue weighted by molar-refractivity contribution is -0.154. The second-order valence-electron chi connectivity index (χ2n) is 3.98. The van der Waals surface area contributed by atoms with Crippen molar-refractivity contribution in [2.75, 3.05) is 6.54 Å². The molecule has 1 amide bonds. The van der Waals surface area contributed by atoms with Crippen LogP contribution in [0, 0.1) is 5.92 Å². The molecule has 2 unspecified atom stereocenters. The van der Waals surface area contributed by atoms with Gasteiger partial charge in [0.05, 0.1) is 0 Å². The second kappa shape index (κ2) is 4.96. The van der Waals surface area contributed by atoms with Crippen LogP contribution in [0.4, 0.5) is 0 Å². The summed E-state index contributed by atoms with van der Waals surface area (Å²) in [7, 11) is 0. The molecule has 84 valence electrons. The number of carboxylic acid groups (broad SMARTS) is 1. The number of carbonyl (C=O) groups excluding carboxylic acids is 1. The van der Waals surface area contributed by atoms with Gasteiger partial charge in [0.15, 0.2) is 0 Å². The standard InChI is InChI=1S/C11H17NO3/c1-3-5-9(13)12-7-4-6-8(2)10(12)11(14)15/h3,8,10H,1,4-7H2,2H3,(H,14,15). The maximum atomic E-state index is 11.6. The summed E-state index contributed by atoms with van der Waals surface area (Å²) in [5.41, 5.74) is 0. The van der Waals surface area contributed by atoms with Crippen molar-refractivity contribution in [1.29, 1.82) is 0 Å². The Morgan fingerprint density at radius 3 is 2.80 bits per heavy atom. The van der Waals surface area contributed by atoms with E-state index < -0.39 is 12.0 Å². The minimum atomic E-state index is -0.903. The molecule has 4 nitrogen and oxygen atoms in total. The van der Waals surface area contributed by atoms with E-state index in [2.05, 4.69) is 6.58 Å². The van der Waals surface area contributed by atoms with Gasteiger partial charge >= 0.3 is 5.97 Å². The van der Waals surface area contributed by atoms with Crippen LogP contribution in [0.3, 0.4) is 0 Å². The van der Waals surface area contributed by atoms with E-state index in [0.717, 1.165) is 12.8 Å². The van der Waals surface area contributed by atoms with E-state index in [9.17, 15) is 9.59 Å². The van der Waals surface area contributed by atoms with Gasteiger partial charge in [0, 0.05) is 13.0 Å². The molecule has 0 aromatic carbocycles. The molecule has 2 atom stereocenters. The highest BCUT2D eigenvalue weighted by Gasteiger charge is 2.36. The van der Waals surface area contributed by atoms with Gasteiger partial charge in [-0.05, 0) is 18.8 Å². The number of carbonyl (C=O) groups is 2. The number of aliphatic carboxylic acids is 1. The van der Waals surface area contributed by atoms with Crippen molar-refractivity contribution in [2.45, 2.75) is 32.2 Å². The molecule has 1 N–H and O–H groups in total. The maximum Gasteiger partial charge on any atom is 0.326 e. The first-order valence-electron chi connectivity index (χ1n) is 5.21. The van der Waals surface area contributed by atoms with Gasteiger partial charge < -0.3 is 10.0 Å². The van der Waals surface area contributed by atoms with E-state index >= 15 is 0 Å². The average Bonchev–Trinajstić information content (AvgIpc) is 2.17. The largest absolute Gasteiger partial charge is 0.480 e. The average molecular weight is 211 g/mol. The van der Waals surface area contributed by atoms with Crippen LogP contribution in [0.1, 0.15) is 26.2 Å². The van der Waals surface area contributed by atoms with E-state index in [0.29, 0.717) is 6.54 Å². The summed E-state index contributed by atoms with van der Waals surface area (Å²) in [6.45, 7) is 5.92. The summed E-state index contributed by atoms with van der Waals surface area (Å²) in [6.07, 6.45) is 3.49. The molecule has 1 fully saturated rings. The molecule has 0 aliphatic carbocycles. The third-order valence-corrected chi connectivity index (χ3v) is 2.83. The number of hydrogen-bond donors (Lipinski definition) is 1. The van der Waals surface area contributed by atoms with Gasteiger partial charge in [0.1, 0.15) is 6.04 Å². The van der Waals surface area contributed by atoms with Gasteiger partial charge in [-0.1, -0.05) is 13.0 Å². The molecule has 15 heavy (non-hydrogen) atoms. The number of hydrogen-bond acceptors (Lipinski definition) is 2. The van der Waals surface area contributed by atoms with Gasteiger partial charge in [-0.15, -0.1) is 6.58 Å². The lowest BCUT2D eigenvalue weighted by Gasteiger charge is -2.37. The number of likely N-dealkylation sites (tertiary alicyclic amines) is 1. The molecule has 1 aliphatic rings. The molecule has 1 heterocycles. The van der Waals surface area contributed by atoms with Crippen LogP contribution in [-0.2, 0) is 9.59 Å². The lowest BCUT2D eigenvalue weighted by atomic mass is 9.90. The first-order valence-corrected chi connectivity index (χ1v) is 5.21. The summed E-state index contributed by atoms with van der Waals surface area (Å²) < 4.78 is 0. The molecule has 0 bridgehead atoms. The van der Waals surface area contributed by atoms with Crippen LogP contribution in [0.5, 0.6) is 0 Å². The molecule has 0 radical (unpaired) electrons. The number of rotatable bonds is 3. The first-order chi connectivity index (χ1) is 7.07. The molecular formula is C11H17NO3. The van der Waals surface area contributed by atoms with E-state index in [-0.39, 0.29) is 18.2 Å². The molecule has 0 aromatic heterocycles. The van der Waals surface area contributed by atoms with Crippen molar-refractivity contribution in [3.8, 4) is 0 Å². The predicted molar refractivity (Wildman–Crippen MR) is 56.3 cm³/mol. The number of carboxylic acids is 1. The minimum absolute atomic E-state index is 0.0324. The molecular weight excluding hydrogens is 194 g/mol. The molecule has 1 aliphatic heterocycles. The van der Waals surface area contributed by atoms with Crippen molar-refractivity contribution in [2.24, 2.45) is 5.92 Å². The topological polar surface area (TPSA) is 57.6 Å². The number of nitrogens with zero attached hydrogens (tertiary/aromatic N) is 1. The summed E-state index contributed by atoms with van der Waals surface area (Å²) in [5.74, 6) is -1.01. The normalized spacial score (nSPS) is 26.1. The van der Waals surface area contributed by atoms with E-state index in [1.807, 2.05) is 6.92 Å². The Labute approximate surface area is 89.6 Å². The van der Waals surface area contributed by atoms with Gasteiger partial charge in [-0.2, -0.15) is 0 Å². The molecule has 0 saturated carbocycles. The highest BCUT2D eigenvalue weighted by Crippen LogP contribution is 2.24. The molecule has 4 heteroatoms. The zero-order valence-corrected chi connectivity index (χ0v) is 8.98. The predicted octanol–water partition coefficient (Wildman–Crippen LogP) is 1.27. The Morgan fingerprint density at radius 1 is 1.60 bits per heavy atom. The lowest BCUT2D eigenvalue weighted by Crippen LogP contribution is -2.51. The highest BCUT2D eigenvalue weighted by molar-refractivity contribution is 5.84. The van der Waals surface area contributed by atoms with Crippen molar-refractivity contribution < 1.29 is 14.7 Å². The van der Waals surface area contributed by atoms with Crippen LogP contribution in [-0.4, -0.2) is 34.5 Å². The first kappa shape index (κ1) is 11.8. The van der Waals surface area contributed by atoms with E-state index in [4.69, 9.17) is 5.11 Å². The third-order valence-electron chi connectivity index (χ3n) is 2.83. The van der Waals surface area contributed by atoms with Crippen LogP contribution < -0.4 is 0 Å². The van der Waals surface area contributed by atoms with Gasteiger partial charge in [0.2, 0.25) is 5.91 Å². The molecule has 1 saturated heterocycles. The van der Waals surface area contributed by atoms with Crippen LogP contribution in [0.25, 0.3) is 0 Å². The SMILES string of the molecule is C=CCC(=O)N1CCCC(C)C1C(=O)O. The number of amides is 1. The van der Waals surface area contributed by atoms with Crippen molar-refractivity contribution in [3.05, 3.63) is 12.7 Å². The fourth-order valence-electron chi connectivity index (χ4n) is 2.09. The molecule has 0 aromatic rings. The van der Waals surface area contributed by atoms with Crippen molar-refractivity contribution in [1.82, 2.24) is 4.90 Å². The third kappa shape index (κ3) is 2.58. The summed E-state index contributed by atoms with van der Waals surface area (Å²) >= 11 is 0. The summed E-state index contributed by atoms with van der Waals surface area (Å²) in [4.78, 5) is 24.2. The summed E-state index contributed by atoms with van der Waals surface area (Å²) in [6, 6.07) is -0.661.